The van der Waals surface area contributed by atoms with Crippen molar-refractivity contribution >= 4 is 17.7 Å². The van der Waals surface area contributed by atoms with Crippen molar-refractivity contribution in [3.05, 3.63) is 35.4 Å². The molecule has 0 radical (unpaired) electrons. The average molecular weight is 721 g/mol. The number of hydrogen-bond acceptors (Lipinski definition) is 9. The maximum absolute atomic E-state index is 14.1. The number of carboxylic acid groups (broad SMARTS) is 1. The maximum atomic E-state index is 14.1. The van der Waals surface area contributed by atoms with E-state index in [-0.39, 0.29) is 45.9 Å². The molecule has 0 amide bonds. The van der Waals surface area contributed by atoms with E-state index in [0.29, 0.717) is 31.3 Å². The lowest BCUT2D eigenvalue weighted by Gasteiger charge is -2.74. The van der Waals surface area contributed by atoms with Crippen LogP contribution in [0.5, 0.6) is 0 Å². The molecular weight excluding hydrogens is 656 g/mol. The van der Waals surface area contributed by atoms with Gasteiger partial charge in [0.25, 0.3) is 0 Å². The summed E-state index contributed by atoms with van der Waals surface area (Å²) in [6.45, 7) is 20.0. The van der Waals surface area contributed by atoms with Crippen LogP contribution < -0.4 is 11.1 Å². The number of hydrogen-bond donors (Lipinski definition) is 4. The molecule has 5 aliphatic carbocycles. The smallest absolute Gasteiger partial charge is 0.309 e. The second-order valence-corrected chi connectivity index (χ2v) is 19.7. The minimum atomic E-state index is -1.18. The first-order valence-corrected chi connectivity index (χ1v) is 19.7. The standard InChI is InChI=1S/C42H64N4O6/c1-25(2)33-27(47)20-41(30(48)23-45-22-26-13-19-44-24-46-26)18-17-40(9)39(8)15-10-28-37(5,6)31(52-32(49)21-36(3,4)35(50)51)12-14-38(28,7)29(39)11-16-42(40,43)34(33)41/h13,19,24-25,28-31,45,48H,10-12,14-18,20-23,43H2,1-9H3,(H,50,51)/t28-,29-,30+,31+,38+,39-,40+,41+,42?/m1/s1. The minimum absolute atomic E-state index is 0.00646. The molecule has 10 nitrogen and oxygen atoms in total. The van der Waals surface area contributed by atoms with Crippen molar-refractivity contribution in [2.45, 2.75) is 151 Å². The number of nitrogens with zero attached hydrogens (tertiary/aromatic N) is 2. The van der Waals surface area contributed by atoms with E-state index >= 15 is 0 Å². The fraction of sp³-hybridized carbons (Fsp3) is 0.786. The predicted molar refractivity (Wildman–Crippen MR) is 199 cm³/mol. The Labute approximate surface area is 310 Å². The summed E-state index contributed by atoms with van der Waals surface area (Å²) in [5.41, 5.74) is 7.37. The fourth-order valence-electron chi connectivity index (χ4n) is 13.0. The number of aliphatic hydroxyl groups excluding tert-OH is 1. The van der Waals surface area contributed by atoms with Gasteiger partial charge in [-0.2, -0.15) is 0 Å². The van der Waals surface area contributed by atoms with E-state index in [1.807, 2.05) is 6.07 Å². The zero-order valence-corrected chi connectivity index (χ0v) is 33.1. The summed E-state index contributed by atoms with van der Waals surface area (Å²) < 4.78 is 6.15. The molecule has 0 spiro atoms. The number of esters is 1. The van der Waals surface area contributed by atoms with Crippen LogP contribution in [-0.2, 0) is 25.7 Å². The van der Waals surface area contributed by atoms with E-state index in [2.05, 4.69) is 63.8 Å². The van der Waals surface area contributed by atoms with Crippen molar-refractivity contribution in [1.29, 1.82) is 0 Å². The Bertz CT molecular complexity index is 1620. The summed E-state index contributed by atoms with van der Waals surface area (Å²) in [7, 11) is 0. The lowest BCUT2D eigenvalue weighted by molar-refractivity contribution is -0.238. The van der Waals surface area contributed by atoms with Gasteiger partial charge in [0.05, 0.1) is 23.6 Å². The van der Waals surface area contributed by atoms with Gasteiger partial charge >= 0.3 is 11.9 Å². The first-order valence-electron chi connectivity index (χ1n) is 19.7. The summed E-state index contributed by atoms with van der Waals surface area (Å²) in [5.74, 6) is -0.601. The van der Waals surface area contributed by atoms with E-state index in [4.69, 9.17) is 10.5 Å². The zero-order chi connectivity index (χ0) is 38.3. The molecule has 0 aliphatic heterocycles. The van der Waals surface area contributed by atoms with Gasteiger partial charge in [0.1, 0.15) is 12.4 Å². The number of fused-ring (bicyclic) bond motifs is 7. The van der Waals surface area contributed by atoms with Crippen LogP contribution in [0.4, 0.5) is 0 Å². The van der Waals surface area contributed by atoms with Crippen molar-refractivity contribution in [1.82, 2.24) is 15.3 Å². The Morgan fingerprint density at radius 1 is 1.04 bits per heavy atom. The van der Waals surface area contributed by atoms with Crippen molar-refractivity contribution < 1.29 is 29.3 Å². The molecule has 0 bridgehead atoms. The number of nitrogens with two attached hydrogens (primary N) is 1. The van der Waals surface area contributed by atoms with E-state index in [1.165, 1.54) is 6.33 Å². The first-order chi connectivity index (χ1) is 24.1. The Hall–Kier alpha value is -2.69. The van der Waals surface area contributed by atoms with Crippen LogP contribution in [0, 0.1) is 50.2 Å². The molecule has 288 valence electrons. The SMILES string of the molecule is CC(C)C1=C2C3(N)CC[C@@H]4[C@@]5(C)CC[C@H](OC(=O)CC(C)(C)C(=O)O)C(C)(C)[C@H]5CC[C@@]4(C)[C@]3(C)CC[C@@]2([C@@H](O)CNCc2ccncn2)CC1=O. The molecule has 9 atom stereocenters. The predicted octanol–water partition coefficient (Wildman–Crippen LogP) is 6.40. The number of aliphatic carboxylic acids is 1. The molecular formula is C42H64N4O6. The van der Waals surface area contributed by atoms with Crippen molar-refractivity contribution in [3.8, 4) is 0 Å². The minimum Gasteiger partial charge on any atom is -0.481 e. The molecule has 5 N–H and O–H groups in total. The Morgan fingerprint density at radius 2 is 1.73 bits per heavy atom. The number of nitrogens with one attached hydrogen (secondary N) is 1. The van der Waals surface area contributed by atoms with Gasteiger partial charge in [-0.25, -0.2) is 9.97 Å². The second-order valence-electron chi connectivity index (χ2n) is 19.7. The second kappa shape index (κ2) is 13.0. The number of ether oxygens (including phenoxy) is 1. The van der Waals surface area contributed by atoms with E-state index in [1.54, 1.807) is 20.0 Å². The number of rotatable bonds is 10. The third kappa shape index (κ3) is 5.62. The van der Waals surface area contributed by atoms with Crippen LogP contribution >= 0.6 is 0 Å². The van der Waals surface area contributed by atoms with Crippen LogP contribution in [0.15, 0.2) is 29.7 Å². The molecule has 10 heteroatoms. The number of Topliss-reactive ketones (excluding diaryl/α,β-unsaturated/α-hetero) is 1. The summed E-state index contributed by atoms with van der Waals surface area (Å²) in [4.78, 5) is 47.2. The molecule has 4 saturated carbocycles. The maximum Gasteiger partial charge on any atom is 0.309 e. The highest BCUT2D eigenvalue weighted by Crippen LogP contribution is 2.77. The number of carboxylic acids is 1. The fourth-order valence-corrected chi connectivity index (χ4v) is 13.0. The van der Waals surface area contributed by atoms with Crippen molar-refractivity contribution in [3.63, 3.8) is 0 Å². The number of ketones is 1. The highest BCUT2D eigenvalue weighted by atomic mass is 16.5. The Balaban J connectivity index is 1.29. The third-order valence-corrected chi connectivity index (χ3v) is 16.1. The van der Waals surface area contributed by atoms with E-state index in [0.717, 1.165) is 68.2 Å². The van der Waals surface area contributed by atoms with Gasteiger partial charge < -0.3 is 26.0 Å². The molecule has 52 heavy (non-hydrogen) atoms. The van der Waals surface area contributed by atoms with E-state index in [9.17, 15) is 24.6 Å². The molecule has 6 rings (SSSR count). The largest absolute Gasteiger partial charge is 0.481 e. The van der Waals surface area contributed by atoms with Gasteiger partial charge in [-0.3, -0.25) is 14.4 Å². The van der Waals surface area contributed by atoms with Gasteiger partial charge in [-0.1, -0.05) is 48.5 Å². The Morgan fingerprint density at radius 3 is 2.37 bits per heavy atom. The molecule has 1 unspecified atom stereocenters. The van der Waals surface area contributed by atoms with Crippen LogP contribution in [0.1, 0.15) is 132 Å². The number of aliphatic hydroxyl groups is 1. The van der Waals surface area contributed by atoms with Gasteiger partial charge in [0.15, 0.2) is 5.78 Å². The number of aromatic nitrogens is 2. The van der Waals surface area contributed by atoms with Crippen LogP contribution in [0.2, 0.25) is 0 Å². The third-order valence-electron chi connectivity index (χ3n) is 16.1. The molecule has 1 heterocycles. The van der Waals surface area contributed by atoms with E-state index < -0.39 is 34.4 Å². The average Bonchev–Trinajstić information content (AvgIpc) is 3.38. The molecule has 5 aliphatic rings. The lowest BCUT2D eigenvalue weighted by Crippen LogP contribution is -2.74. The quantitative estimate of drug-likeness (QED) is 0.199. The van der Waals surface area contributed by atoms with Crippen LogP contribution in [-0.4, -0.2) is 62.2 Å². The first kappa shape index (κ1) is 39.0. The summed E-state index contributed by atoms with van der Waals surface area (Å²) in [6, 6.07) is 1.86. The number of carbonyl (C=O) groups is 3. The van der Waals surface area contributed by atoms with Gasteiger partial charge in [-0.15, -0.1) is 0 Å². The number of allylic oxidation sites excluding steroid dienone is 1. The molecule has 4 fully saturated rings. The monoisotopic (exact) mass is 720 g/mol. The number of carbonyl (C=O) groups excluding carboxylic acids is 2. The molecule has 1 aromatic rings. The zero-order valence-electron chi connectivity index (χ0n) is 33.1. The van der Waals surface area contributed by atoms with Crippen molar-refractivity contribution in [2.75, 3.05) is 6.54 Å². The van der Waals surface area contributed by atoms with Crippen LogP contribution in [0.25, 0.3) is 0 Å². The molecule has 0 aromatic carbocycles. The molecule has 0 saturated heterocycles. The van der Waals surface area contributed by atoms with Crippen molar-refractivity contribution in [2.24, 2.45) is 56.0 Å². The lowest BCUT2D eigenvalue weighted by atomic mass is 9.31. The Kier molecular flexibility index (Phi) is 9.73. The highest BCUT2D eigenvalue weighted by molar-refractivity contribution is 6.01. The van der Waals surface area contributed by atoms with Gasteiger partial charge in [0, 0.05) is 42.1 Å². The summed E-state index contributed by atoms with van der Waals surface area (Å²) in [6.07, 6.45) is 9.22. The highest BCUT2D eigenvalue weighted by Gasteiger charge is 2.74. The topological polar surface area (TPSA) is 165 Å². The van der Waals surface area contributed by atoms with Gasteiger partial charge in [0.2, 0.25) is 0 Å². The summed E-state index contributed by atoms with van der Waals surface area (Å²) >= 11 is 0. The molecule has 1 aromatic heterocycles. The van der Waals surface area contributed by atoms with Gasteiger partial charge in [-0.05, 0) is 116 Å². The normalized spacial score (nSPS) is 38.9. The summed E-state index contributed by atoms with van der Waals surface area (Å²) in [5, 5.41) is 25.2. The van der Waals surface area contributed by atoms with Crippen LogP contribution in [0.3, 0.4) is 0 Å².